The summed E-state index contributed by atoms with van der Waals surface area (Å²) in [6.07, 6.45) is -1.63. The van der Waals surface area contributed by atoms with Gasteiger partial charge in [-0.1, -0.05) is 0 Å². The van der Waals surface area contributed by atoms with Crippen LogP contribution in [0.3, 0.4) is 0 Å². The van der Waals surface area contributed by atoms with E-state index in [4.69, 9.17) is 10.00 Å². The summed E-state index contributed by atoms with van der Waals surface area (Å²) in [5.41, 5.74) is 0.0263. The van der Waals surface area contributed by atoms with Crippen LogP contribution in [0.4, 0.5) is 8.78 Å². The molecular weight excluding hydrogens is 354 g/mol. The first-order valence-electron chi connectivity index (χ1n) is 7.13. The van der Waals surface area contributed by atoms with Crippen LogP contribution < -0.4 is 4.74 Å². The number of sulfone groups is 1. The number of halogens is 2. The average Bonchev–Trinajstić information content (AvgIpc) is 2.82. The van der Waals surface area contributed by atoms with Gasteiger partial charge in [-0.15, -0.1) is 0 Å². The Labute approximate surface area is 142 Å². The first-order valence-corrected chi connectivity index (χ1v) is 9.02. The summed E-state index contributed by atoms with van der Waals surface area (Å²) in [4.78, 5) is 3.77. The van der Waals surface area contributed by atoms with E-state index in [1.165, 1.54) is 6.07 Å². The molecule has 2 aromatic rings. The summed E-state index contributed by atoms with van der Waals surface area (Å²) >= 11 is 0. The van der Waals surface area contributed by atoms with Gasteiger partial charge in [-0.3, -0.25) is 0 Å². The third-order valence-corrected chi connectivity index (χ3v) is 4.80. The van der Waals surface area contributed by atoms with Gasteiger partial charge in [0, 0.05) is 29.9 Å². The van der Waals surface area contributed by atoms with Gasteiger partial charge in [0.2, 0.25) is 0 Å². The quantitative estimate of drug-likeness (QED) is 0.894. The van der Waals surface area contributed by atoms with E-state index in [-0.39, 0.29) is 34.6 Å². The summed E-state index contributed by atoms with van der Waals surface area (Å²) in [5, 5.41) is 18.4. The molecule has 0 fully saturated rings. The van der Waals surface area contributed by atoms with Crippen LogP contribution in [0.5, 0.6) is 11.5 Å². The molecule has 1 aliphatic rings. The van der Waals surface area contributed by atoms with Crippen LogP contribution in [-0.2, 0) is 16.3 Å². The van der Waals surface area contributed by atoms with E-state index < -0.39 is 33.0 Å². The molecular formula is C16H12F2N2O4S. The van der Waals surface area contributed by atoms with Crippen LogP contribution in [-0.4, -0.2) is 30.9 Å². The number of pyridine rings is 1. The van der Waals surface area contributed by atoms with Crippen LogP contribution in [0.15, 0.2) is 29.4 Å². The number of nitrogens with zero attached hydrogens (tertiary/aromatic N) is 2. The SMILES string of the molecule is CS(=O)(=O)c1ncc(Oc2cc(F)cc(C#N)c2)c2c1C(O)C(F)C2. The van der Waals surface area contributed by atoms with Crippen molar-refractivity contribution in [1.82, 2.24) is 4.98 Å². The van der Waals surface area contributed by atoms with Gasteiger partial charge in [0.25, 0.3) is 0 Å². The van der Waals surface area contributed by atoms with Gasteiger partial charge in [0.15, 0.2) is 14.9 Å². The normalized spacial score (nSPS) is 19.3. The molecule has 0 saturated carbocycles. The second-order valence-corrected chi connectivity index (χ2v) is 7.58. The molecule has 0 bridgehead atoms. The lowest BCUT2D eigenvalue weighted by Gasteiger charge is -2.13. The molecule has 1 aromatic heterocycles. The Balaban J connectivity index is 2.11. The molecule has 1 heterocycles. The zero-order chi connectivity index (χ0) is 18.4. The summed E-state index contributed by atoms with van der Waals surface area (Å²) in [6, 6.07) is 5.09. The van der Waals surface area contributed by atoms with Gasteiger partial charge in [-0.25, -0.2) is 22.2 Å². The first kappa shape index (κ1) is 17.3. The molecule has 0 aliphatic heterocycles. The molecule has 1 aliphatic carbocycles. The molecule has 1 N–H and O–H groups in total. The molecule has 25 heavy (non-hydrogen) atoms. The Morgan fingerprint density at radius 3 is 2.76 bits per heavy atom. The minimum Gasteiger partial charge on any atom is -0.455 e. The number of aromatic nitrogens is 1. The highest BCUT2D eigenvalue weighted by Crippen LogP contribution is 2.42. The van der Waals surface area contributed by atoms with Gasteiger partial charge < -0.3 is 9.84 Å². The van der Waals surface area contributed by atoms with E-state index in [1.54, 1.807) is 6.07 Å². The summed E-state index contributed by atoms with van der Waals surface area (Å²) in [5.74, 6) is -0.727. The first-order chi connectivity index (χ1) is 11.7. The van der Waals surface area contributed by atoms with E-state index in [9.17, 15) is 22.3 Å². The average molecular weight is 366 g/mol. The number of benzene rings is 1. The third-order valence-electron chi connectivity index (χ3n) is 3.77. The van der Waals surface area contributed by atoms with Gasteiger partial charge in [-0.2, -0.15) is 5.26 Å². The molecule has 0 amide bonds. The van der Waals surface area contributed by atoms with Crippen molar-refractivity contribution in [2.24, 2.45) is 0 Å². The van der Waals surface area contributed by atoms with Crippen LogP contribution in [0.1, 0.15) is 22.8 Å². The maximum atomic E-state index is 13.9. The molecule has 1 aromatic carbocycles. The fraction of sp³-hybridized carbons (Fsp3) is 0.250. The number of hydrogen-bond donors (Lipinski definition) is 1. The molecule has 0 spiro atoms. The van der Waals surface area contributed by atoms with E-state index in [0.717, 1.165) is 24.6 Å². The molecule has 0 radical (unpaired) electrons. The minimum atomic E-state index is -3.79. The fourth-order valence-electron chi connectivity index (χ4n) is 2.73. The van der Waals surface area contributed by atoms with Crippen molar-refractivity contribution >= 4 is 9.84 Å². The number of aliphatic hydroxyl groups excluding tert-OH is 1. The van der Waals surface area contributed by atoms with E-state index in [1.807, 2.05) is 0 Å². The highest BCUT2D eigenvalue weighted by atomic mass is 32.2. The van der Waals surface area contributed by atoms with Crippen molar-refractivity contribution in [2.45, 2.75) is 23.7 Å². The molecule has 6 nitrogen and oxygen atoms in total. The van der Waals surface area contributed by atoms with Crippen LogP contribution in [0.2, 0.25) is 0 Å². The smallest absolute Gasteiger partial charge is 0.193 e. The zero-order valence-corrected chi connectivity index (χ0v) is 13.7. The predicted octanol–water partition coefficient (Wildman–Crippen LogP) is 2.22. The monoisotopic (exact) mass is 366 g/mol. The molecule has 130 valence electrons. The minimum absolute atomic E-state index is 0.00362. The molecule has 0 saturated heterocycles. The summed E-state index contributed by atoms with van der Waals surface area (Å²) < 4.78 is 56.6. The van der Waals surface area contributed by atoms with Crippen LogP contribution >= 0.6 is 0 Å². The van der Waals surface area contributed by atoms with Crippen LogP contribution in [0.25, 0.3) is 0 Å². The van der Waals surface area contributed by atoms with Gasteiger partial charge in [-0.05, 0) is 12.1 Å². The maximum Gasteiger partial charge on any atom is 0.193 e. The van der Waals surface area contributed by atoms with Crippen molar-refractivity contribution in [3.63, 3.8) is 0 Å². The summed E-state index contributed by atoms with van der Waals surface area (Å²) in [6.45, 7) is 0. The van der Waals surface area contributed by atoms with Gasteiger partial charge in [0.1, 0.15) is 29.6 Å². The summed E-state index contributed by atoms with van der Waals surface area (Å²) in [7, 11) is -3.79. The lowest BCUT2D eigenvalue weighted by molar-refractivity contribution is 0.0903. The van der Waals surface area contributed by atoms with Crippen molar-refractivity contribution in [2.75, 3.05) is 6.26 Å². The number of fused-ring (bicyclic) bond motifs is 1. The second kappa shape index (κ2) is 6.06. The lowest BCUT2D eigenvalue weighted by atomic mass is 10.1. The number of rotatable bonds is 3. The number of aliphatic hydroxyl groups is 1. The van der Waals surface area contributed by atoms with Crippen molar-refractivity contribution in [3.8, 4) is 17.6 Å². The Hall–Kier alpha value is -2.57. The molecule has 2 atom stereocenters. The third kappa shape index (κ3) is 3.18. The Kier molecular flexibility index (Phi) is 4.18. The van der Waals surface area contributed by atoms with Gasteiger partial charge in [0.05, 0.1) is 17.8 Å². The van der Waals surface area contributed by atoms with E-state index >= 15 is 0 Å². The highest BCUT2D eigenvalue weighted by Gasteiger charge is 2.38. The number of ether oxygens (including phenoxy) is 1. The zero-order valence-electron chi connectivity index (χ0n) is 12.9. The Morgan fingerprint density at radius 2 is 2.12 bits per heavy atom. The van der Waals surface area contributed by atoms with Crippen molar-refractivity contribution in [3.05, 3.63) is 46.9 Å². The Bertz CT molecular complexity index is 1000. The number of nitriles is 1. The number of hydrogen-bond acceptors (Lipinski definition) is 6. The fourth-order valence-corrected chi connectivity index (χ4v) is 3.61. The van der Waals surface area contributed by atoms with Crippen molar-refractivity contribution in [1.29, 1.82) is 5.26 Å². The van der Waals surface area contributed by atoms with E-state index in [2.05, 4.69) is 4.98 Å². The lowest BCUT2D eigenvalue weighted by Crippen LogP contribution is -2.11. The second-order valence-electron chi connectivity index (χ2n) is 5.65. The number of alkyl halides is 1. The maximum absolute atomic E-state index is 13.9. The van der Waals surface area contributed by atoms with Crippen molar-refractivity contribution < 1.29 is 27.0 Å². The van der Waals surface area contributed by atoms with Crippen LogP contribution in [0, 0.1) is 17.1 Å². The van der Waals surface area contributed by atoms with Gasteiger partial charge >= 0.3 is 0 Å². The highest BCUT2D eigenvalue weighted by molar-refractivity contribution is 7.90. The molecule has 9 heteroatoms. The standard InChI is InChI=1S/C16H12F2N2O4S/c1-25(22,23)16-14-11(5-12(18)15(14)21)13(7-20-16)24-10-3-8(6-19)2-9(17)4-10/h2-4,7,12,15,21H,5H2,1H3. The topological polar surface area (TPSA) is 100 Å². The molecule has 2 unspecified atom stereocenters. The molecule has 3 rings (SSSR count). The van der Waals surface area contributed by atoms with E-state index in [0.29, 0.717) is 0 Å². The predicted molar refractivity (Wildman–Crippen MR) is 82.1 cm³/mol. The Morgan fingerprint density at radius 1 is 1.40 bits per heavy atom. The largest absolute Gasteiger partial charge is 0.455 e.